The number of nitrogens with zero attached hydrogens (tertiary/aromatic N) is 1. The largest absolute Gasteiger partial charge is 0.460 e. The van der Waals surface area contributed by atoms with Crippen molar-refractivity contribution < 1.29 is 22.4 Å². The lowest BCUT2D eigenvalue weighted by molar-refractivity contribution is 0.0483. The van der Waals surface area contributed by atoms with Crippen molar-refractivity contribution in [3.8, 4) is 0 Å². The van der Waals surface area contributed by atoms with Crippen LogP contribution in [0.15, 0.2) is 21.6 Å². The molecule has 0 bridgehead atoms. The van der Waals surface area contributed by atoms with Gasteiger partial charge in [0.25, 0.3) is 10.0 Å². The molecule has 1 aromatic heterocycles. The van der Waals surface area contributed by atoms with Gasteiger partial charge in [-0.05, 0) is 38.9 Å². The van der Waals surface area contributed by atoms with Crippen LogP contribution in [0, 0.1) is 0 Å². The van der Waals surface area contributed by atoms with E-state index < -0.39 is 16.0 Å². The van der Waals surface area contributed by atoms with Crippen LogP contribution in [0.2, 0.25) is 0 Å². The highest BCUT2D eigenvalue weighted by molar-refractivity contribution is 7.89. The Bertz CT molecular complexity index is 593. The monoisotopic (exact) mass is 352 g/mol. The first-order chi connectivity index (χ1) is 9.98. The molecule has 0 radical (unpaired) electrons. The molecule has 0 saturated carbocycles. The van der Waals surface area contributed by atoms with E-state index in [0.29, 0.717) is 19.1 Å². The van der Waals surface area contributed by atoms with Gasteiger partial charge in [0.15, 0.2) is 0 Å². The van der Waals surface area contributed by atoms with Crippen LogP contribution >= 0.6 is 12.4 Å². The van der Waals surface area contributed by atoms with E-state index in [1.165, 1.54) is 16.4 Å². The van der Waals surface area contributed by atoms with Gasteiger partial charge in [0.05, 0.1) is 6.61 Å². The van der Waals surface area contributed by atoms with E-state index in [4.69, 9.17) is 9.15 Å². The van der Waals surface area contributed by atoms with Gasteiger partial charge in [-0.15, -0.1) is 12.4 Å². The second-order valence-corrected chi connectivity index (χ2v) is 6.68. The molecule has 1 aliphatic rings. The Kier molecular flexibility index (Phi) is 6.86. The second kappa shape index (κ2) is 7.96. The Balaban J connectivity index is 0.00000242. The van der Waals surface area contributed by atoms with Gasteiger partial charge in [0.1, 0.15) is 0 Å². The molecule has 22 heavy (non-hydrogen) atoms. The van der Waals surface area contributed by atoms with E-state index in [2.05, 4.69) is 5.32 Å². The molecule has 2 heterocycles. The van der Waals surface area contributed by atoms with Crippen LogP contribution in [0.3, 0.4) is 0 Å². The van der Waals surface area contributed by atoms with E-state index in [1.807, 2.05) is 7.05 Å². The second-order valence-electron chi connectivity index (χ2n) is 4.81. The van der Waals surface area contributed by atoms with E-state index in [1.54, 1.807) is 6.92 Å². The molecule has 1 fully saturated rings. The summed E-state index contributed by atoms with van der Waals surface area (Å²) >= 11 is 0. The van der Waals surface area contributed by atoms with Crippen LogP contribution < -0.4 is 5.32 Å². The van der Waals surface area contributed by atoms with E-state index in [0.717, 1.165) is 12.8 Å². The number of furan rings is 1. The summed E-state index contributed by atoms with van der Waals surface area (Å²) in [4.78, 5) is 11.5. The zero-order valence-electron chi connectivity index (χ0n) is 12.6. The molecular weight excluding hydrogens is 332 g/mol. The fourth-order valence-electron chi connectivity index (χ4n) is 2.28. The van der Waals surface area contributed by atoms with Gasteiger partial charge in [-0.3, -0.25) is 0 Å². The molecule has 126 valence electrons. The average molecular weight is 353 g/mol. The van der Waals surface area contributed by atoms with E-state index in [9.17, 15) is 13.2 Å². The zero-order valence-corrected chi connectivity index (χ0v) is 14.2. The van der Waals surface area contributed by atoms with Crippen LogP contribution in [-0.4, -0.2) is 51.5 Å². The molecule has 7 nitrogen and oxygen atoms in total. The van der Waals surface area contributed by atoms with Gasteiger partial charge in [0.2, 0.25) is 10.9 Å². The number of sulfonamides is 1. The predicted molar refractivity (Wildman–Crippen MR) is 82.8 cm³/mol. The van der Waals surface area contributed by atoms with Crippen molar-refractivity contribution in [1.29, 1.82) is 0 Å². The molecule has 9 heteroatoms. The number of ether oxygens (including phenoxy) is 1. The number of carbonyl (C=O) groups excluding carboxylic acids is 1. The summed E-state index contributed by atoms with van der Waals surface area (Å²) in [5.41, 5.74) is 0. The van der Waals surface area contributed by atoms with Crippen LogP contribution in [-0.2, 0) is 14.8 Å². The van der Waals surface area contributed by atoms with Crippen molar-refractivity contribution in [2.75, 3.05) is 26.7 Å². The third-order valence-corrected chi connectivity index (χ3v) is 5.29. The van der Waals surface area contributed by atoms with Gasteiger partial charge in [-0.2, -0.15) is 4.31 Å². The number of esters is 1. The zero-order chi connectivity index (χ0) is 15.5. The molecular formula is C13H21ClN2O5S. The number of nitrogens with one attached hydrogen (secondary N) is 1. The van der Waals surface area contributed by atoms with Crippen molar-refractivity contribution in [1.82, 2.24) is 9.62 Å². The van der Waals surface area contributed by atoms with Crippen molar-refractivity contribution >= 4 is 28.4 Å². The summed E-state index contributed by atoms with van der Waals surface area (Å²) in [5, 5.41) is 2.93. The molecule has 1 aliphatic heterocycles. The molecule has 2 rings (SSSR count). The third kappa shape index (κ3) is 4.01. The third-order valence-electron chi connectivity index (χ3n) is 3.51. The Morgan fingerprint density at radius 3 is 2.59 bits per heavy atom. The van der Waals surface area contributed by atoms with Crippen molar-refractivity contribution in [3.05, 3.63) is 17.9 Å². The Morgan fingerprint density at radius 2 is 2.05 bits per heavy atom. The van der Waals surface area contributed by atoms with Gasteiger partial charge >= 0.3 is 5.97 Å². The van der Waals surface area contributed by atoms with Gasteiger partial charge in [0, 0.05) is 19.1 Å². The highest BCUT2D eigenvalue weighted by atomic mass is 35.5. The number of hydrogen-bond donors (Lipinski definition) is 1. The number of hydrogen-bond acceptors (Lipinski definition) is 6. The fourth-order valence-corrected chi connectivity index (χ4v) is 3.66. The molecule has 0 amide bonds. The van der Waals surface area contributed by atoms with Crippen molar-refractivity contribution in [2.45, 2.75) is 30.9 Å². The lowest BCUT2D eigenvalue weighted by atomic mass is 10.1. The fraction of sp³-hybridized carbons (Fsp3) is 0.615. The quantitative estimate of drug-likeness (QED) is 0.802. The first kappa shape index (κ1) is 19.0. The smallest absolute Gasteiger partial charge is 0.374 e. The van der Waals surface area contributed by atoms with Crippen LogP contribution in [0.1, 0.15) is 30.3 Å². The van der Waals surface area contributed by atoms with Crippen LogP contribution in [0.25, 0.3) is 0 Å². The van der Waals surface area contributed by atoms with Crippen LogP contribution in [0.4, 0.5) is 0 Å². The summed E-state index contributed by atoms with van der Waals surface area (Å²) in [6.07, 6.45) is 1.50. The minimum atomic E-state index is -3.69. The lowest BCUT2D eigenvalue weighted by Gasteiger charge is -2.30. The van der Waals surface area contributed by atoms with Crippen molar-refractivity contribution in [3.63, 3.8) is 0 Å². The van der Waals surface area contributed by atoms with Gasteiger partial charge in [-0.1, -0.05) is 0 Å². The molecule has 0 aliphatic carbocycles. The average Bonchev–Trinajstić information content (AvgIpc) is 2.98. The predicted octanol–water partition coefficient (Wildman–Crippen LogP) is 1.25. The highest BCUT2D eigenvalue weighted by Crippen LogP contribution is 2.22. The molecule has 1 N–H and O–H groups in total. The molecule has 0 atom stereocenters. The highest BCUT2D eigenvalue weighted by Gasteiger charge is 2.31. The standard InChI is InChI=1S/C13H20N2O5S.ClH/c1-3-19-13(16)11-4-5-12(20-11)21(17,18)15-8-6-10(14-2)7-9-15;/h4-5,10,14H,3,6-9H2,1-2H3;1H. The van der Waals surface area contributed by atoms with Crippen molar-refractivity contribution in [2.24, 2.45) is 0 Å². The maximum atomic E-state index is 12.4. The summed E-state index contributed by atoms with van der Waals surface area (Å²) in [7, 11) is -1.82. The van der Waals surface area contributed by atoms with Gasteiger partial charge < -0.3 is 14.5 Å². The number of halogens is 1. The Morgan fingerprint density at radius 1 is 1.41 bits per heavy atom. The number of carbonyl (C=O) groups is 1. The SMILES string of the molecule is CCOC(=O)c1ccc(S(=O)(=O)N2CCC(NC)CC2)o1.Cl. The maximum Gasteiger partial charge on any atom is 0.374 e. The summed E-state index contributed by atoms with van der Waals surface area (Å²) in [5.74, 6) is -0.756. The topological polar surface area (TPSA) is 88.9 Å². The summed E-state index contributed by atoms with van der Waals surface area (Å²) in [6, 6.07) is 2.96. The Labute approximate surface area is 136 Å². The summed E-state index contributed by atoms with van der Waals surface area (Å²) in [6.45, 7) is 2.75. The molecule has 0 aromatic carbocycles. The molecule has 0 spiro atoms. The Hall–Kier alpha value is -1.09. The first-order valence-electron chi connectivity index (χ1n) is 6.93. The normalized spacial score (nSPS) is 17.0. The lowest BCUT2D eigenvalue weighted by Crippen LogP contribution is -2.43. The first-order valence-corrected chi connectivity index (χ1v) is 8.37. The van der Waals surface area contributed by atoms with Gasteiger partial charge in [-0.25, -0.2) is 13.2 Å². The minimum Gasteiger partial charge on any atom is -0.460 e. The minimum absolute atomic E-state index is 0. The molecule has 1 aromatic rings. The number of rotatable bonds is 5. The molecule has 0 unspecified atom stereocenters. The van der Waals surface area contributed by atoms with Crippen LogP contribution in [0.5, 0.6) is 0 Å². The van der Waals surface area contributed by atoms with E-state index >= 15 is 0 Å². The summed E-state index contributed by atoms with van der Waals surface area (Å²) < 4.78 is 36.2. The maximum absolute atomic E-state index is 12.4. The number of piperidine rings is 1. The van der Waals surface area contributed by atoms with E-state index in [-0.39, 0.29) is 29.9 Å². The molecule has 1 saturated heterocycles.